The highest BCUT2D eigenvalue weighted by Gasteiger charge is 1.97. The molecule has 10 heavy (non-hydrogen) atoms. The first kappa shape index (κ1) is 6.88. The van der Waals surface area contributed by atoms with E-state index in [4.69, 9.17) is 5.11 Å². The second-order valence-electron chi connectivity index (χ2n) is 1.50. The number of hydrogen-bond acceptors (Lipinski definition) is 3. The Kier molecular flexibility index (Phi) is 2.11. The van der Waals surface area contributed by atoms with Gasteiger partial charge in [0.05, 0.1) is 0 Å². The van der Waals surface area contributed by atoms with Gasteiger partial charge < -0.3 is 8.96 Å². The van der Waals surface area contributed by atoms with Crippen LogP contribution in [0.1, 0.15) is 10.5 Å². The maximum absolute atomic E-state index is 10.3. The normalized spacial score (nSPS) is 8.80. The van der Waals surface area contributed by atoms with E-state index in [2.05, 4.69) is 8.22 Å². The first-order valence-corrected chi connectivity index (χ1v) is 3.23. The fourth-order valence-electron chi connectivity index (χ4n) is 0.413. The number of aromatic carboxylic acids is 1. The zero-order chi connectivity index (χ0) is 7.40. The molecule has 0 unspecified atom stereocenters. The van der Waals surface area contributed by atoms with Gasteiger partial charge in [-0.15, -0.1) is 0 Å². The third-order valence-corrected chi connectivity index (χ3v) is 1.34. The number of nitrogens with one attached hydrogen (secondary N) is 1. The van der Waals surface area contributed by atoms with Gasteiger partial charge in [-0.2, -0.15) is 0 Å². The molecule has 0 aliphatic rings. The van der Waals surface area contributed by atoms with E-state index in [9.17, 15) is 4.79 Å². The molecule has 0 spiro atoms. The number of carboxylic acids is 1. The summed E-state index contributed by atoms with van der Waals surface area (Å²) in [5.41, 5.74) is 0.110. The first-order valence-electron chi connectivity index (χ1n) is 2.49. The summed E-state index contributed by atoms with van der Waals surface area (Å²) in [5.74, 6) is -0.998. The molecule has 0 aromatic carbocycles. The smallest absolute Gasteiger partial charge is 0.353 e. The molecule has 1 rings (SSSR count). The Labute approximate surface area is 60.8 Å². The zero-order valence-electron chi connectivity index (χ0n) is 4.90. The molecule has 4 nitrogen and oxygen atoms in total. The predicted molar refractivity (Wildman–Crippen MR) is 35.5 cm³/mol. The van der Waals surface area contributed by atoms with E-state index < -0.39 is 5.97 Å². The van der Waals surface area contributed by atoms with Crippen molar-refractivity contribution in [3.8, 4) is 0 Å². The van der Waals surface area contributed by atoms with Crippen molar-refractivity contribution in [2.75, 3.05) is 0 Å². The number of H-pyrrole nitrogens is 1. The van der Waals surface area contributed by atoms with E-state index >= 15 is 0 Å². The minimum Gasteiger partial charge on any atom is -0.477 e. The van der Waals surface area contributed by atoms with Gasteiger partial charge in [-0.3, -0.25) is 4.37 Å². The summed E-state index contributed by atoms with van der Waals surface area (Å²) in [7, 11) is 0. The molecular weight excluding hydrogens is 154 g/mol. The lowest BCUT2D eigenvalue weighted by Crippen LogP contribution is -1.95. The average molecular weight is 159 g/mol. The minimum absolute atomic E-state index is 0.110. The lowest BCUT2D eigenvalue weighted by molar-refractivity contribution is 0.0691. The summed E-state index contributed by atoms with van der Waals surface area (Å²) in [6.45, 7) is 0. The van der Waals surface area contributed by atoms with Crippen molar-refractivity contribution in [1.82, 2.24) is 4.37 Å². The van der Waals surface area contributed by atoms with Crippen molar-refractivity contribution >= 4 is 17.8 Å². The minimum atomic E-state index is -0.998. The number of aromatic amines is 1. The molecule has 0 radical (unpaired) electrons. The molecule has 0 aliphatic carbocycles. The van der Waals surface area contributed by atoms with Crippen molar-refractivity contribution in [3.63, 3.8) is 0 Å². The molecule has 1 aromatic heterocycles. The Balaban J connectivity index is 3.10. The molecule has 1 heterocycles. The van der Waals surface area contributed by atoms with E-state index in [0.717, 1.165) is 11.8 Å². The molecule has 0 bridgehead atoms. The zero-order valence-corrected chi connectivity index (χ0v) is 5.72. The molecule has 0 atom stereocenters. The van der Waals surface area contributed by atoms with Crippen molar-refractivity contribution in [2.45, 2.75) is 0 Å². The summed E-state index contributed by atoms with van der Waals surface area (Å²) < 4.78 is 7.16. The van der Waals surface area contributed by atoms with Gasteiger partial charge in [0.1, 0.15) is 23.8 Å². The summed E-state index contributed by atoms with van der Waals surface area (Å²) >= 11 is 0.866. The van der Waals surface area contributed by atoms with Crippen LogP contribution in [0.15, 0.2) is 22.2 Å². The van der Waals surface area contributed by atoms with Crippen LogP contribution in [0.2, 0.25) is 0 Å². The predicted octanol–water partition coefficient (Wildman–Crippen LogP) is 1.49. The Morgan fingerprint density at radius 3 is 3.30 bits per heavy atom. The van der Waals surface area contributed by atoms with Crippen molar-refractivity contribution in [1.29, 1.82) is 0 Å². The standard InChI is InChI=1S/C5H5NO3S/c7-5(8)4-2-1-3-9-10-6-4/h1-3,6H,(H,7,8). The molecular formula is C5H5NO3S. The third-order valence-electron chi connectivity index (χ3n) is 0.827. The van der Waals surface area contributed by atoms with Crippen LogP contribution in [0, 0.1) is 0 Å². The number of carboxylic acid groups (broad SMARTS) is 1. The SMILES string of the molecule is O=C(O)c1cccos[nH]1. The third kappa shape index (κ3) is 1.63. The lowest BCUT2D eigenvalue weighted by Gasteiger charge is -1.83. The Morgan fingerprint density at radius 1 is 1.80 bits per heavy atom. The van der Waals surface area contributed by atoms with Crippen LogP contribution in [-0.4, -0.2) is 15.4 Å². The van der Waals surface area contributed by atoms with E-state index in [1.807, 2.05) is 0 Å². The van der Waals surface area contributed by atoms with Gasteiger partial charge in [0.2, 0.25) is 0 Å². The monoisotopic (exact) mass is 159 g/mol. The van der Waals surface area contributed by atoms with Crippen molar-refractivity contribution < 1.29 is 13.8 Å². The molecule has 0 fully saturated rings. The van der Waals surface area contributed by atoms with Crippen LogP contribution >= 0.6 is 11.8 Å². The lowest BCUT2D eigenvalue weighted by atomic mass is 10.4. The highest BCUT2D eigenvalue weighted by molar-refractivity contribution is 6.96. The van der Waals surface area contributed by atoms with E-state index in [1.165, 1.54) is 18.4 Å². The summed E-state index contributed by atoms with van der Waals surface area (Å²) in [6.07, 6.45) is 1.40. The van der Waals surface area contributed by atoms with Crippen LogP contribution in [0.4, 0.5) is 0 Å². The van der Waals surface area contributed by atoms with Crippen molar-refractivity contribution in [2.24, 2.45) is 0 Å². The molecule has 0 saturated heterocycles. The van der Waals surface area contributed by atoms with Crippen LogP contribution in [-0.2, 0) is 0 Å². The van der Waals surface area contributed by atoms with Gasteiger partial charge in [-0.1, -0.05) is 0 Å². The average Bonchev–Trinajstić information content (AvgIpc) is 2.12. The molecule has 0 saturated carbocycles. The molecule has 54 valence electrons. The fraction of sp³-hybridized carbons (Fsp3) is 0. The Morgan fingerprint density at radius 2 is 2.60 bits per heavy atom. The van der Waals surface area contributed by atoms with Crippen molar-refractivity contribution in [3.05, 3.63) is 24.1 Å². The van der Waals surface area contributed by atoms with Gasteiger partial charge in [0, 0.05) is 0 Å². The maximum Gasteiger partial charge on any atom is 0.353 e. The summed E-state index contributed by atoms with van der Waals surface area (Å²) in [5, 5.41) is 8.43. The Hall–Kier alpha value is -1.23. The largest absolute Gasteiger partial charge is 0.477 e. The number of aromatic nitrogens is 1. The maximum atomic E-state index is 10.3. The molecule has 2 N–H and O–H groups in total. The summed E-state index contributed by atoms with van der Waals surface area (Å²) in [6, 6.07) is 2.93. The van der Waals surface area contributed by atoms with E-state index in [0.29, 0.717) is 0 Å². The van der Waals surface area contributed by atoms with E-state index in [-0.39, 0.29) is 5.69 Å². The number of carbonyl (C=O) groups is 1. The molecule has 5 heteroatoms. The van der Waals surface area contributed by atoms with Gasteiger partial charge in [0.25, 0.3) is 0 Å². The second kappa shape index (κ2) is 3.07. The molecule has 0 amide bonds. The van der Waals surface area contributed by atoms with Crippen LogP contribution in [0.25, 0.3) is 0 Å². The Bertz CT molecular complexity index is 239. The van der Waals surface area contributed by atoms with Gasteiger partial charge in [0.15, 0.2) is 0 Å². The second-order valence-corrected chi connectivity index (χ2v) is 2.06. The van der Waals surface area contributed by atoms with Gasteiger partial charge >= 0.3 is 5.97 Å². The number of rotatable bonds is 1. The highest BCUT2D eigenvalue weighted by atomic mass is 32.1. The highest BCUT2D eigenvalue weighted by Crippen LogP contribution is 1.94. The van der Waals surface area contributed by atoms with E-state index in [1.54, 1.807) is 0 Å². The van der Waals surface area contributed by atoms with Crippen LogP contribution in [0.5, 0.6) is 0 Å². The first-order chi connectivity index (χ1) is 4.80. The van der Waals surface area contributed by atoms with Gasteiger partial charge in [-0.25, -0.2) is 4.79 Å². The van der Waals surface area contributed by atoms with Crippen LogP contribution in [0.3, 0.4) is 0 Å². The topological polar surface area (TPSA) is 66.2 Å². The van der Waals surface area contributed by atoms with Gasteiger partial charge in [-0.05, 0) is 12.1 Å². The summed E-state index contributed by atoms with van der Waals surface area (Å²) in [4.78, 5) is 10.3. The quantitative estimate of drug-likeness (QED) is 0.652. The molecule has 0 aliphatic heterocycles. The molecule has 1 aromatic rings. The van der Waals surface area contributed by atoms with Crippen LogP contribution < -0.4 is 0 Å². The number of hydrogen-bond donors (Lipinski definition) is 2. The fourth-order valence-corrected chi connectivity index (χ4v) is 0.826.